The zero-order chi connectivity index (χ0) is 33.9. The van der Waals surface area contributed by atoms with Crippen molar-refractivity contribution in [3.63, 3.8) is 0 Å². The van der Waals surface area contributed by atoms with Crippen molar-refractivity contribution < 1.29 is 0 Å². The summed E-state index contributed by atoms with van der Waals surface area (Å²) in [4.78, 5) is 0. The average Bonchev–Trinajstić information content (AvgIpc) is 3.46. The third kappa shape index (κ3) is 7.15. The van der Waals surface area contributed by atoms with Gasteiger partial charge in [-0.2, -0.15) is 5.26 Å². The van der Waals surface area contributed by atoms with Gasteiger partial charge in [0.15, 0.2) is 0 Å². The third-order valence-corrected chi connectivity index (χ3v) is 7.98. The second-order valence-electron chi connectivity index (χ2n) is 11.0. The van der Waals surface area contributed by atoms with Crippen LogP contribution < -0.4 is 5.32 Å². The van der Waals surface area contributed by atoms with E-state index in [1.165, 1.54) is 5.56 Å². The summed E-state index contributed by atoms with van der Waals surface area (Å²) in [5, 5.41) is 14.5. The van der Waals surface area contributed by atoms with Gasteiger partial charge in [-0.3, -0.25) is 0 Å². The van der Waals surface area contributed by atoms with E-state index in [2.05, 4.69) is 126 Å². The highest BCUT2D eigenvalue weighted by Crippen LogP contribution is 2.41. The van der Waals surface area contributed by atoms with Crippen molar-refractivity contribution in [1.82, 2.24) is 4.57 Å². The molecule has 236 valence electrons. The number of nitriles is 1. The van der Waals surface area contributed by atoms with E-state index in [4.69, 9.17) is 0 Å². The minimum absolute atomic E-state index is 0.626. The van der Waals surface area contributed by atoms with Crippen molar-refractivity contribution in [3.05, 3.63) is 175 Å². The summed E-state index contributed by atoms with van der Waals surface area (Å²) in [6.45, 7) is 12.5. The van der Waals surface area contributed by atoms with E-state index in [0.717, 1.165) is 61.5 Å². The lowest BCUT2D eigenvalue weighted by molar-refractivity contribution is 1.11. The Balaban J connectivity index is 0.00000221. The van der Waals surface area contributed by atoms with Gasteiger partial charge in [-0.15, -0.1) is 0 Å². The SMILES string of the molecule is C=C(/C=C\C=C/C)c1cc(-c2c(/C=C\C)n(-c3ccccc3)c3ccc(C#N)cc23)ccc1Nc1cccc(-c2ccccc2)c1.CC. The number of benzene rings is 5. The molecular formula is C45H41N3. The first-order chi connectivity index (χ1) is 23.6. The molecule has 0 aliphatic carbocycles. The maximum absolute atomic E-state index is 9.84. The number of allylic oxidation sites excluding steroid dienone is 6. The lowest BCUT2D eigenvalue weighted by Crippen LogP contribution is -1.98. The predicted octanol–water partition coefficient (Wildman–Crippen LogP) is 12.8. The van der Waals surface area contributed by atoms with Crippen LogP contribution in [0.2, 0.25) is 0 Å². The van der Waals surface area contributed by atoms with E-state index in [9.17, 15) is 5.26 Å². The zero-order valence-electron chi connectivity index (χ0n) is 28.1. The Kier molecular flexibility index (Phi) is 11.0. The fraction of sp³-hybridized carbons (Fsp3) is 0.0889. The van der Waals surface area contributed by atoms with Crippen LogP contribution >= 0.6 is 0 Å². The van der Waals surface area contributed by atoms with Crippen molar-refractivity contribution in [2.24, 2.45) is 0 Å². The molecular weight excluding hydrogens is 583 g/mol. The van der Waals surface area contributed by atoms with Crippen LogP contribution in [0.25, 0.3) is 50.5 Å². The standard InChI is InChI=1S/C43H35N3.C2H6/c1-4-6-9-16-31(3)38-29-35(24-25-40(38)45-36-20-14-19-34(28-36)33-17-10-7-11-18-33)43-39-27-32(30-44)23-26-41(39)46(42(43)15-5-2)37-21-12-8-13-22-37;1-2/h4-29,45H,3H2,1-2H3;1-2H3/b6-4-,15-5-,16-9-;. The normalized spacial score (nSPS) is 11.1. The van der Waals surface area contributed by atoms with E-state index < -0.39 is 0 Å². The summed E-state index contributed by atoms with van der Waals surface area (Å²) in [5.41, 5.74) is 12.0. The molecule has 0 radical (unpaired) electrons. The highest BCUT2D eigenvalue weighted by molar-refractivity contribution is 6.03. The van der Waals surface area contributed by atoms with Crippen molar-refractivity contribution in [3.8, 4) is 34.0 Å². The maximum atomic E-state index is 9.84. The molecule has 0 spiro atoms. The van der Waals surface area contributed by atoms with E-state index in [1.807, 2.05) is 82.3 Å². The van der Waals surface area contributed by atoms with Crippen LogP contribution in [0.3, 0.4) is 0 Å². The molecule has 3 heteroatoms. The Hall–Kier alpha value is -6.11. The van der Waals surface area contributed by atoms with Crippen LogP contribution in [0, 0.1) is 11.3 Å². The van der Waals surface area contributed by atoms with E-state index in [1.54, 1.807) is 0 Å². The van der Waals surface area contributed by atoms with Gasteiger partial charge in [-0.1, -0.05) is 118 Å². The molecule has 5 aromatic carbocycles. The number of fused-ring (bicyclic) bond motifs is 1. The lowest BCUT2D eigenvalue weighted by atomic mass is 9.95. The van der Waals surface area contributed by atoms with Crippen LogP contribution in [-0.4, -0.2) is 4.57 Å². The van der Waals surface area contributed by atoms with Crippen molar-refractivity contribution in [2.45, 2.75) is 27.7 Å². The second kappa shape index (κ2) is 15.9. The van der Waals surface area contributed by atoms with E-state index in [-0.39, 0.29) is 0 Å². The van der Waals surface area contributed by atoms with Gasteiger partial charge >= 0.3 is 0 Å². The Morgan fingerprint density at radius 2 is 1.46 bits per heavy atom. The molecule has 1 aromatic heterocycles. The number of anilines is 2. The number of nitrogens with zero attached hydrogens (tertiary/aromatic N) is 2. The molecule has 0 aliphatic heterocycles. The van der Waals surface area contributed by atoms with E-state index >= 15 is 0 Å². The zero-order valence-corrected chi connectivity index (χ0v) is 28.1. The first-order valence-electron chi connectivity index (χ1n) is 16.4. The topological polar surface area (TPSA) is 40.8 Å². The molecule has 0 fully saturated rings. The van der Waals surface area contributed by atoms with Gasteiger partial charge < -0.3 is 9.88 Å². The molecule has 0 aliphatic rings. The number of para-hydroxylation sites is 1. The molecule has 1 N–H and O–H groups in total. The van der Waals surface area contributed by atoms with Crippen molar-refractivity contribution in [2.75, 3.05) is 5.32 Å². The minimum Gasteiger partial charge on any atom is -0.355 e. The summed E-state index contributed by atoms with van der Waals surface area (Å²) in [6.07, 6.45) is 12.3. The quantitative estimate of drug-likeness (QED) is 0.163. The lowest BCUT2D eigenvalue weighted by Gasteiger charge is -2.16. The molecule has 6 aromatic rings. The molecule has 1 heterocycles. The highest BCUT2D eigenvalue weighted by atomic mass is 15.0. The van der Waals surface area contributed by atoms with Gasteiger partial charge in [0.05, 0.1) is 22.8 Å². The van der Waals surface area contributed by atoms with Crippen LogP contribution in [-0.2, 0) is 0 Å². The summed E-state index contributed by atoms with van der Waals surface area (Å²) in [7, 11) is 0. The van der Waals surface area contributed by atoms with Crippen LogP contribution in [0.15, 0.2) is 158 Å². The number of nitrogens with one attached hydrogen (secondary N) is 1. The van der Waals surface area contributed by atoms with Crippen LogP contribution in [0.4, 0.5) is 11.4 Å². The van der Waals surface area contributed by atoms with Gasteiger partial charge in [-0.25, -0.2) is 0 Å². The molecule has 6 rings (SSSR count). The molecule has 0 unspecified atom stereocenters. The Morgan fingerprint density at radius 1 is 0.729 bits per heavy atom. The van der Waals surface area contributed by atoms with Gasteiger partial charge in [0.2, 0.25) is 0 Å². The smallest absolute Gasteiger partial charge is 0.0991 e. The molecule has 3 nitrogen and oxygen atoms in total. The summed E-state index contributed by atoms with van der Waals surface area (Å²) in [6, 6.07) is 44.0. The van der Waals surface area contributed by atoms with Gasteiger partial charge in [0.25, 0.3) is 0 Å². The van der Waals surface area contributed by atoms with Gasteiger partial charge in [-0.05, 0) is 96.8 Å². The fourth-order valence-corrected chi connectivity index (χ4v) is 5.86. The molecule has 0 bridgehead atoms. The maximum Gasteiger partial charge on any atom is 0.0991 e. The summed E-state index contributed by atoms with van der Waals surface area (Å²) < 4.78 is 2.27. The number of aromatic nitrogens is 1. The molecule has 0 atom stereocenters. The fourth-order valence-electron chi connectivity index (χ4n) is 5.86. The highest BCUT2D eigenvalue weighted by Gasteiger charge is 2.20. The predicted molar refractivity (Wildman–Crippen MR) is 208 cm³/mol. The summed E-state index contributed by atoms with van der Waals surface area (Å²) in [5.74, 6) is 0. The van der Waals surface area contributed by atoms with Crippen molar-refractivity contribution in [1.29, 1.82) is 5.26 Å². The Morgan fingerprint density at radius 3 is 2.17 bits per heavy atom. The first-order valence-corrected chi connectivity index (χ1v) is 16.4. The van der Waals surface area contributed by atoms with Crippen molar-refractivity contribution >= 4 is 33.9 Å². The molecule has 0 saturated heterocycles. The van der Waals surface area contributed by atoms with Gasteiger partial charge in [0, 0.05) is 33.6 Å². The van der Waals surface area contributed by atoms with Crippen LogP contribution in [0.1, 0.15) is 44.5 Å². The van der Waals surface area contributed by atoms with E-state index in [0.29, 0.717) is 5.56 Å². The second-order valence-corrected chi connectivity index (χ2v) is 11.0. The Labute approximate surface area is 285 Å². The summed E-state index contributed by atoms with van der Waals surface area (Å²) >= 11 is 0. The first kappa shape index (κ1) is 33.3. The number of hydrogen-bond acceptors (Lipinski definition) is 2. The number of hydrogen-bond donors (Lipinski definition) is 1. The molecule has 0 amide bonds. The third-order valence-electron chi connectivity index (χ3n) is 7.98. The van der Waals surface area contributed by atoms with Crippen LogP contribution in [0.5, 0.6) is 0 Å². The monoisotopic (exact) mass is 623 g/mol. The average molecular weight is 624 g/mol. The number of rotatable bonds is 9. The molecule has 48 heavy (non-hydrogen) atoms. The Bertz CT molecular complexity index is 2150. The largest absolute Gasteiger partial charge is 0.355 e. The van der Waals surface area contributed by atoms with Gasteiger partial charge in [0.1, 0.15) is 0 Å². The molecule has 0 saturated carbocycles. The minimum atomic E-state index is 0.626.